The van der Waals surface area contributed by atoms with Crippen molar-refractivity contribution >= 4 is 15.9 Å². The van der Waals surface area contributed by atoms with Gasteiger partial charge in [-0.1, -0.05) is 6.92 Å². The number of hydrogen-bond donors (Lipinski definition) is 1. The molecule has 0 bridgehead atoms. The van der Waals surface area contributed by atoms with Crippen LogP contribution in [0.2, 0.25) is 0 Å². The monoisotopic (exact) mass is 310 g/mol. The van der Waals surface area contributed by atoms with Crippen molar-refractivity contribution in [3.8, 4) is 0 Å². The molecule has 1 unspecified atom stereocenters. The normalized spacial score (nSPS) is 12.7. The highest BCUT2D eigenvalue weighted by atomic mass is 79.9. The van der Waals surface area contributed by atoms with Crippen LogP contribution in [0, 0.1) is 0 Å². The molecule has 5 nitrogen and oxygen atoms in total. The fourth-order valence-corrected chi connectivity index (χ4v) is 2.60. The lowest BCUT2D eigenvalue weighted by molar-refractivity contribution is 0.174. The minimum absolute atomic E-state index is 0.484. The Labute approximate surface area is 114 Å². The van der Waals surface area contributed by atoms with Crippen molar-refractivity contribution in [1.82, 2.24) is 19.7 Å². The maximum atomic E-state index is 10.2. The van der Waals surface area contributed by atoms with Gasteiger partial charge in [-0.15, -0.1) is 0 Å². The van der Waals surface area contributed by atoms with Crippen LogP contribution in [0.15, 0.2) is 23.2 Å². The third-order valence-corrected chi connectivity index (χ3v) is 3.77. The van der Waals surface area contributed by atoms with E-state index in [0.717, 1.165) is 22.3 Å². The van der Waals surface area contributed by atoms with Crippen LogP contribution in [0.3, 0.4) is 0 Å². The van der Waals surface area contributed by atoms with E-state index < -0.39 is 6.10 Å². The predicted octanol–water partition coefficient (Wildman–Crippen LogP) is 1.81. The summed E-state index contributed by atoms with van der Waals surface area (Å²) in [6.45, 7) is 2.05. The average molecular weight is 311 g/mol. The molecule has 2 aromatic rings. The molecule has 1 atom stereocenters. The van der Waals surface area contributed by atoms with Crippen LogP contribution in [0.5, 0.6) is 0 Å². The summed E-state index contributed by atoms with van der Waals surface area (Å²) in [7, 11) is 1.88. The van der Waals surface area contributed by atoms with Crippen molar-refractivity contribution in [2.45, 2.75) is 25.9 Å². The first-order valence-corrected chi connectivity index (χ1v) is 6.56. The summed E-state index contributed by atoms with van der Waals surface area (Å²) in [4.78, 5) is 7.82. The molecule has 0 radical (unpaired) electrons. The van der Waals surface area contributed by atoms with Gasteiger partial charge in [0.05, 0.1) is 22.0 Å². The molecule has 0 saturated heterocycles. The second-order valence-corrected chi connectivity index (χ2v) is 4.87. The van der Waals surface area contributed by atoms with Crippen LogP contribution in [0.1, 0.15) is 30.0 Å². The number of aromatic nitrogens is 4. The number of aliphatic hydroxyl groups excluding tert-OH is 1. The molecule has 2 aromatic heterocycles. The number of hydrogen-bond acceptors (Lipinski definition) is 4. The molecule has 0 aromatic carbocycles. The fraction of sp³-hybridized carbons (Fsp3) is 0.417. The molecule has 6 heteroatoms. The van der Waals surface area contributed by atoms with E-state index in [1.165, 1.54) is 6.33 Å². The lowest BCUT2D eigenvalue weighted by Gasteiger charge is -2.10. The lowest BCUT2D eigenvalue weighted by atomic mass is 10.1. The molecule has 0 saturated carbocycles. The molecule has 96 valence electrons. The molecule has 0 aliphatic rings. The first-order valence-electron chi connectivity index (χ1n) is 5.76. The van der Waals surface area contributed by atoms with Gasteiger partial charge in [0.1, 0.15) is 6.33 Å². The van der Waals surface area contributed by atoms with Crippen molar-refractivity contribution in [2.75, 3.05) is 0 Å². The molecule has 0 spiro atoms. The molecule has 0 amide bonds. The molecule has 2 heterocycles. The van der Waals surface area contributed by atoms with Gasteiger partial charge >= 0.3 is 0 Å². The molecule has 2 rings (SSSR count). The summed E-state index contributed by atoms with van der Waals surface area (Å²) in [6, 6.07) is 0. The van der Waals surface area contributed by atoms with Gasteiger partial charge in [-0.25, -0.2) is 9.97 Å². The lowest BCUT2D eigenvalue weighted by Crippen LogP contribution is -2.07. The number of nitrogens with zero attached hydrogens (tertiary/aromatic N) is 4. The van der Waals surface area contributed by atoms with E-state index in [1.807, 2.05) is 7.05 Å². The van der Waals surface area contributed by atoms with E-state index in [9.17, 15) is 5.11 Å². The van der Waals surface area contributed by atoms with Gasteiger partial charge in [0, 0.05) is 31.4 Å². The second kappa shape index (κ2) is 5.58. The maximum absolute atomic E-state index is 10.2. The van der Waals surface area contributed by atoms with Crippen LogP contribution in [0.25, 0.3) is 0 Å². The highest BCUT2D eigenvalue weighted by Crippen LogP contribution is 2.26. The van der Waals surface area contributed by atoms with Crippen molar-refractivity contribution in [3.05, 3.63) is 40.1 Å². The van der Waals surface area contributed by atoms with E-state index in [2.05, 4.69) is 37.9 Å². The minimum atomic E-state index is -0.623. The SMILES string of the molecule is CCc1nn(C)c(CC(O)c2cncnc2)c1Br. The van der Waals surface area contributed by atoms with E-state index in [0.29, 0.717) is 12.0 Å². The zero-order valence-electron chi connectivity index (χ0n) is 10.3. The molecule has 0 fully saturated rings. The van der Waals surface area contributed by atoms with Gasteiger partial charge in [-0.3, -0.25) is 4.68 Å². The summed E-state index contributed by atoms with van der Waals surface area (Å²) >= 11 is 3.54. The quantitative estimate of drug-likeness (QED) is 0.935. The molecule has 18 heavy (non-hydrogen) atoms. The van der Waals surface area contributed by atoms with Crippen molar-refractivity contribution in [3.63, 3.8) is 0 Å². The average Bonchev–Trinajstić information content (AvgIpc) is 2.67. The zero-order valence-corrected chi connectivity index (χ0v) is 11.9. The molecule has 1 N–H and O–H groups in total. The standard InChI is InChI=1S/C12H15BrN4O/c1-3-9-12(13)10(17(2)16-9)4-11(18)8-5-14-7-15-6-8/h5-7,11,18H,3-4H2,1-2H3. The Hall–Kier alpha value is -1.27. The summed E-state index contributed by atoms with van der Waals surface area (Å²) in [5.74, 6) is 0. The second-order valence-electron chi connectivity index (χ2n) is 4.08. The minimum Gasteiger partial charge on any atom is -0.388 e. The van der Waals surface area contributed by atoms with Crippen LogP contribution < -0.4 is 0 Å². The van der Waals surface area contributed by atoms with Gasteiger partial charge in [0.25, 0.3) is 0 Å². The van der Waals surface area contributed by atoms with E-state index >= 15 is 0 Å². The van der Waals surface area contributed by atoms with E-state index in [4.69, 9.17) is 0 Å². The highest BCUT2D eigenvalue weighted by molar-refractivity contribution is 9.10. The maximum Gasteiger partial charge on any atom is 0.115 e. The fourth-order valence-electron chi connectivity index (χ4n) is 1.83. The Morgan fingerprint density at radius 2 is 2.06 bits per heavy atom. The Kier molecular flexibility index (Phi) is 4.08. The van der Waals surface area contributed by atoms with Crippen LogP contribution >= 0.6 is 15.9 Å². The van der Waals surface area contributed by atoms with Crippen molar-refractivity contribution in [1.29, 1.82) is 0 Å². The number of aliphatic hydroxyl groups is 1. The Morgan fingerprint density at radius 3 is 2.61 bits per heavy atom. The Morgan fingerprint density at radius 1 is 1.39 bits per heavy atom. The van der Waals surface area contributed by atoms with Gasteiger partial charge in [0.15, 0.2) is 0 Å². The van der Waals surface area contributed by atoms with Gasteiger partial charge in [0.2, 0.25) is 0 Å². The van der Waals surface area contributed by atoms with E-state index in [1.54, 1.807) is 17.1 Å². The number of rotatable bonds is 4. The van der Waals surface area contributed by atoms with Crippen molar-refractivity contribution < 1.29 is 5.11 Å². The summed E-state index contributed by atoms with van der Waals surface area (Å²) < 4.78 is 2.78. The molecule has 0 aliphatic carbocycles. The molecular formula is C12H15BrN4O. The van der Waals surface area contributed by atoms with Gasteiger partial charge in [-0.2, -0.15) is 5.10 Å². The third kappa shape index (κ3) is 2.59. The van der Waals surface area contributed by atoms with Gasteiger partial charge < -0.3 is 5.11 Å². The van der Waals surface area contributed by atoms with E-state index in [-0.39, 0.29) is 0 Å². The predicted molar refractivity (Wildman–Crippen MR) is 71.0 cm³/mol. The summed E-state index contributed by atoms with van der Waals surface area (Å²) in [5.41, 5.74) is 2.69. The highest BCUT2D eigenvalue weighted by Gasteiger charge is 2.17. The smallest absolute Gasteiger partial charge is 0.115 e. The first kappa shape index (κ1) is 13.2. The summed E-state index contributed by atoms with van der Waals surface area (Å²) in [5, 5.41) is 14.6. The third-order valence-electron chi connectivity index (χ3n) is 2.85. The number of halogens is 1. The Bertz CT molecular complexity index is 526. The topological polar surface area (TPSA) is 63.8 Å². The molecular weight excluding hydrogens is 296 g/mol. The first-order chi connectivity index (χ1) is 8.63. The van der Waals surface area contributed by atoms with Crippen molar-refractivity contribution in [2.24, 2.45) is 7.05 Å². The molecule has 0 aliphatic heterocycles. The van der Waals surface area contributed by atoms with Gasteiger partial charge in [-0.05, 0) is 22.4 Å². The number of aryl methyl sites for hydroxylation is 2. The Balaban J connectivity index is 2.22. The van der Waals surface area contributed by atoms with Crippen LogP contribution in [-0.4, -0.2) is 24.9 Å². The largest absolute Gasteiger partial charge is 0.388 e. The van der Waals surface area contributed by atoms with Crippen LogP contribution in [0.4, 0.5) is 0 Å². The summed E-state index contributed by atoms with van der Waals surface area (Å²) in [6.07, 6.45) is 5.43. The van der Waals surface area contributed by atoms with Crippen LogP contribution in [-0.2, 0) is 19.9 Å². The zero-order chi connectivity index (χ0) is 13.1.